The van der Waals surface area contributed by atoms with E-state index in [9.17, 15) is 9.59 Å². The second-order valence-electron chi connectivity index (χ2n) is 12.6. The van der Waals surface area contributed by atoms with Gasteiger partial charge in [-0.15, -0.1) is 0 Å². The van der Waals surface area contributed by atoms with Gasteiger partial charge < -0.3 is 38.1 Å². The molecule has 3 amide bonds. The van der Waals surface area contributed by atoms with Crippen LogP contribution in [0.3, 0.4) is 0 Å². The summed E-state index contributed by atoms with van der Waals surface area (Å²) in [5, 5.41) is 9.73. The summed E-state index contributed by atoms with van der Waals surface area (Å²) < 4.78 is 0. The molecule has 2 unspecified atom stereocenters. The topological polar surface area (TPSA) is 170 Å². The highest BCUT2D eigenvalue weighted by Gasteiger charge is 2.35. The van der Waals surface area contributed by atoms with Gasteiger partial charge in [-0.3, -0.25) is 19.6 Å². The fraction of sp³-hybridized carbons (Fsp3) is 0.441. The van der Waals surface area contributed by atoms with Crippen LogP contribution in [0.25, 0.3) is 5.70 Å². The van der Waals surface area contributed by atoms with E-state index >= 15 is 0 Å². The van der Waals surface area contributed by atoms with Crippen molar-refractivity contribution in [3.63, 3.8) is 0 Å². The molecule has 244 valence electrons. The van der Waals surface area contributed by atoms with Crippen molar-refractivity contribution in [2.75, 3.05) is 50.7 Å². The molecule has 0 saturated carbocycles. The van der Waals surface area contributed by atoms with Crippen molar-refractivity contribution in [3.8, 4) is 0 Å². The molecule has 5 aliphatic heterocycles. The van der Waals surface area contributed by atoms with Crippen molar-refractivity contribution in [3.05, 3.63) is 83.1 Å². The molecule has 0 radical (unpaired) electrons. The van der Waals surface area contributed by atoms with Gasteiger partial charge in [0.15, 0.2) is 5.96 Å². The van der Waals surface area contributed by atoms with Crippen molar-refractivity contribution in [2.45, 2.75) is 44.4 Å². The molecule has 3 saturated heterocycles. The van der Waals surface area contributed by atoms with Crippen molar-refractivity contribution in [1.29, 1.82) is 0 Å². The zero-order valence-corrected chi connectivity index (χ0v) is 26.3. The van der Waals surface area contributed by atoms with Crippen LogP contribution in [-0.4, -0.2) is 85.7 Å². The van der Waals surface area contributed by atoms with E-state index in [1.165, 1.54) is 0 Å². The number of rotatable bonds is 13. The molecule has 9 N–H and O–H groups in total. The third-order valence-corrected chi connectivity index (χ3v) is 9.37. The Bertz CT molecular complexity index is 1470. The van der Waals surface area contributed by atoms with Crippen molar-refractivity contribution < 1.29 is 9.59 Å². The third kappa shape index (κ3) is 7.52. The molecule has 2 aromatic carbocycles. The standard InChI is InChI=1S/C34H46N10O2/c35-13-1-15-42(16-2-14-38-33(36)37)20-23-3-9-28(10-4-23)44-21-27-19-29(39-31(27)41-34(44)46)24-5-7-26(8-6-24)32(45)40-30-22-43-17-11-25(30)12-18-43/h3-10,19,21,25,30-31,39H,1-2,11-18,20,22,35H2,(H,40,45)(H,41,46)(H4,36,37,38). The lowest BCUT2D eigenvalue weighted by atomic mass is 9.84. The van der Waals surface area contributed by atoms with E-state index in [1.807, 2.05) is 48.7 Å². The van der Waals surface area contributed by atoms with Gasteiger partial charge in [0.1, 0.15) is 6.17 Å². The summed E-state index contributed by atoms with van der Waals surface area (Å²) in [6, 6.07) is 15.7. The first kappa shape index (κ1) is 31.6. The van der Waals surface area contributed by atoms with Crippen molar-refractivity contribution in [2.24, 2.45) is 28.1 Å². The van der Waals surface area contributed by atoms with Gasteiger partial charge in [-0.2, -0.15) is 0 Å². The maximum Gasteiger partial charge on any atom is 0.327 e. The number of urea groups is 1. The van der Waals surface area contributed by atoms with E-state index in [1.54, 1.807) is 4.90 Å². The van der Waals surface area contributed by atoms with E-state index in [0.29, 0.717) is 24.6 Å². The molecule has 5 heterocycles. The maximum absolute atomic E-state index is 13.1. The first-order valence-corrected chi connectivity index (χ1v) is 16.4. The van der Waals surface area contributed by atoms with Crippen LogP contribution >= 0.6 is 0 Å². The number of benzene rings is 2. The van der Waals surface area contributed by atoms with Crippen LogP contribution in [0.4, 0.5) is 10.5 Å². The first-order chi connectivity index (χ1) is 22.4. The number of guanidine groups is 1. The van der Waals surface area contributed by atoms with E-state index in [4.69, 9.17) is 17.2 Å². The van der Waals surface area contributed by atoms with E-state index in [2.05, 4.69) is 42.9 Å². The number of nitrogens with zero attached hydrogens (tertiary/aromatic N) is 4. The minimum atomic E-state index is -0.312. The van der Waals surface area contributed by atoms with Gasteiger partial charge in [-0.1, -0.05) is 24.3 Å². The molecule has 12 heteroatoms. The smallest absolute Gasteiger partial charge is 0.327 e. The Morgan fingerprint density at radius 3 is 2.41 bits per heavy atom. The van der Waals surface area contributed by atoms with E-state index in [0.717, 1.165) is 93.0 Å². The Morgan fingerprint density at radius 1 is 1.00 bits per heavy atom. The molecule has 0 spiro atoms. The summed E-state index contributed by atoms with van der Waals surface area (Å²) in [4.78, 5) is 36.6. The molecule has 2 atom stereocenters. The monoisotopic (exact) mass is 626 g/mol. The summed E-state index contributed by atoms with van der Waals surface area (Å²) in [6.45, 7) is 6.99. The zero-order valence-electron chi connectivity index (χ0n) is 26.3. The predicted molar refractivity (Wildman–Crippen MR) is 182 cm³/mol. The van der Waals surface area contributed by atoms with E-state index < -0.39 is 0 Å². The van der Waals surface area contributed by atoms with Gasteiger partial charge in [0.05, 0.1) is 5.69 Å². The number of fused-ring (bicyclic) bond motifs is 4. The number of nitrogens with one attached hydrogen (secondary N) is 3. The van der Waals surface area contributed by atoms with Gasteiger partial charge in [0, 0.05) is 55.3 Å². The number of aliphatic imine (C=N–C) groups is 1. The minimum Gasteiger partial charge on any atom is -0.370 e. The van der Waals surface area contributed by atoms with Gasteiger partial charge in [0.2, 0.25) is 0 Å². The van der Waals surface area contributed by atoms with Crippen molar-refractivity contribution >= 4 is 29.3 Å². The quantitative estimate of drug-likeness (QED) is 0.111. The summed E-state index contributed by atoms with van der Waals surface area (Å²) in [5.74, 6) is 0.678. The Balaban J connectivity index is 1.07. The third-order valence-electron chi connectivity index (χ3n) is 9.37. The summed E-state index contributed by atoms with van der Waals surface area (Å²) in [5.41, 5.74) is 22.1. The Hall–Kier alpha value is -4.39. The molecule has 7 rings (SSSR count). The van der Waals surface area contributed by atoms with Gasteiger partial charge in [-0.25, -0.2) is 4.79 Å². The fourth-order valence-electron chi connectivity index (χ4n) is 6.81. The van der Waals surface area contributed by atoms with Crippen LogP contribution < -0.4 is 38.1 Å². The molecule has 12 nitrogen and oxygen atoms in total. The SMILES string of the molecule is NCCCN(CCCN=C(N)N)Cc1ccc(N2C=C3C=C(c4ccc(C(=O)NC5CN6CCC5CC6)cc4)NC3NC2=O)cc1. The molecule has 46 heavy (non-hydrogen) atoms. The lowest BCUT2D eigenvalue weighted by Gasteiger charge is -2.44. The van der Waals surface area contributed by atoms with Crippen LogP contribution in [-0.2, 0) is 6.54 Å². The molecule has 3 fully saturated rings. The number of piperidine rings is 3. The van der Waals surface area contributed by atoms with Crippen LogP contribution in [0.1, 0.15) is 47.2 Å². The number of hydrogen-bond donors (Lipinski definition) is 6. The average molecular weight is 627 g/mol. The Labute approximate surface area is 270 Å². The lowest BCUT2D eigenvalue weighted by Crippen LogP contribution is -2.57. The molecule has 2 aromatic rings. The van der Waals surface area contributed by atoms with E-state index in [-0.39, 0.29) is 30.1 Å². The largest absolute Gasteiger partial charge is 0.370 e. The highest BCUT2D eigenvalue weighted by atomic mass is 16.2. The zero-order chi connectivity index (χ0) is 32.0. The number of nitrogens with two attached hydrogens (primary N) is 3. The molecular formula is C34H46N10O2. The van der Waals surface area contributed by atoms with Gasteiger partial charge in [0.25, 0.3) is 5.91 Å². The Morgan fingerprint density at radius 2 is 1.74 bits per heavy atom. The molecule has 0 aliphatic carbocycles. The fourth-order valence-corrected chi connectivity index (χ4v) is 6.81. The number of anilines is 1. The number of hydrogen-bond acceptors (Lipinski definition) is 7. The number of amides is 3. The second-order valence-corrected chi connectivity index (χ2v) is 12.6. The van der Waals surface area contributed by atoms with Crippen LogP contribution in [0.15, 0.2) is 71.4 Å². The minimum absolute atomic E-state index is 0.0184. The Kier molecular flexibility index (Phi) is 9.86. The van der Waals surface area contributed by atoms with Gasteiger partial charge >= 0.3 is 6.03 Å². The highest BCUT2D eigenvalue weighted by molar-refractivity contribution is 5.97. The van der Waals surface area contributed by atoms with Crippen molar-refractivity contribution in [1.82, 2.24) is 25.8 Å². The molecule has 0 aromatic heterocycles. The molecule has 5 aliphatic rings. The highest BCUT2D eigenvalue weighted by Crippen LogP contribution is 2.30. The normalized spacial score (nSPS) is 23.3. The number of carbonyl (C=O) groups is 2. The molecular weight excluding hydrogens is 580 g/mol. The predicted octanol–water partition coefficient (Wildman–Crippen LogP) is 1.71. The van der Waals surface area contributed by atoms with Crippen LogP contribution in [0.5, 0.6) is 0 Å². The molecule has 2 bridgehead atoms. The summed E-state index contributed by atoms with van der Waals surface area (Å²) in [7, 11) is 0. The van der Waals surface area contributed by atoms with Crippen LogP contribution in [0.2, 0.25) is 0 Å². The number of carbonyl (C=O) groups excluding carboxylic acids is 2. The van der Waals surface area contributed by atoms with Gasteiger partial charge in [-0.05, 0) is 99.2 Å². The maximum atomic E-state index is 13.1. The lowest BCUT2D eigenvalue weighted by molar-refractivity contribution is 0.0620. The second kappa shape index (κ2) is 14.4. The first-order valence-electron chi connectivity index (χ1n) is 16.4. The summed E-state index contributed by atoms with van der Waals surface area (Å²) in [6.07, 6.45) is 7.71. The average Bonchev–Trinajstić information content (AvgIpc) is 3.49. The summed E-state index contributed by atoms with van der Waals surface area (Å²) >= 11 is 0. The van der Waals surface area contributed by atoms with Crippen LogP contribution in [0, 0.1) is 5.92 Å².